The van der Waals surface area contributed by atoms with Crippen molar-refractivity contribution in [3.8, 4) is 0 Å². The number of hydrogen-bond donors (Lipinski definition) is 4. The standard InChI is InChI=1S/C10H17NO5.C10H19NO4/c1-10(2,3)16-9(15)11-5-4-6(12)7(11)8(13)14;1-10(2,3)15-9(14)11-5-4-8(13)7(11)6-12/h6-7,12H,4-5H2,1-3H3,(H,13,14);7-8,12-13H,4-6H2,1-3H3/t6-,7-;7-,8+/m01/s1. The van der Waals surface area contributed by atoms with E-state index in [9.17, 15) is 24.6 Å². The molecule has 0 aliphatic carbocycles. The third kappa shape index (κ3) is 8.15. The van der Waals surface area contributed by atoms with Crippen LogP contribution in [-0.4, -0.2) is 104 Å². The highest BCUT2D eigenvalue weighted by atomic mass is 16.6. The number of aliphatic hydroxyl groups is 3. The summed E-state index contributed by atoms with van der Waals surface area (Å²) in [7, 11) is 0. The van der Waals surface area contributed by atoms with E-state index in [2.05, 4.69) is 0 Å². The minimum atomic E-state index is -1.21. The fourth-order valence-electron chi connectivity index (χ4n) is 3.20. The molecule has 2 rings (SSSR count). The number of carboxylic acid groups (broad SMARTS) is 1. The lowest BCUT2D eigenvalue weighted by Gasteiger charge is -2.28. The number of amides is 2. The van der Waals surface area contributed by atoms with E-state index in [0.29, 0.717) is 13.0 Å². The summed E-state index contributed by atoms with van der Waals surface area (Å²) < 4.78 is 10.2. The Kier molecular flexibility index (Phi) is 9.09. The molecule has 0 bridgehead atoms. The maximum atomic E-state index is 11.7. The molecule has 0 spiro atoms. The van der Waals surface area contributed by atoms with E-state index in [1.165, 1.54) is 4.90 Å². The van der Waals surface area contributed by atoms with Gasteiger partial charge in [0.05, 0.1) is 24.9 Å². The maximum Gasteiger partial charge on any atom is 0.411 e. The molecule has 2 heterocycles. The number of ether oxygens (including phenoxy) is 2. The zero-order chi connectivity index (χ0) is 24.1. The van der Waals surface area contributed by atoms with Crippen molar-refractivity contribution in [3.63, 3.8) is 0 Å². The number of likely N-dealkylation sites (tertiary alicyclic amines) is 2. The van der Waals surface area contributed by atoms with Crippen LogP contribution in [0.5, 0.6) is 0 Å². The number of carboxylic acids is 1. The minimum Gasteiger partial charge on any atom is -0.480 e. The summed E-state index contributed by atoms with van der Waals surface area (Å²) in [5, 5.41) is 36.9. The summed E-state index contributed by atoms with van der Waals surface area (Å²) in [6.07, 6.45) is -2.09. The summed E-state index contributed by atoms with van der Waals surface area (Å²) in [6.45, 7) is 10.9. The Labute approximate surface area is 182 Å². The third-order valence-corrected chi connectivity index (χ3v) is 4.57. The molecule has 0 aromatic heterocycles. The summed E-state index contributed by atoms with van der Waals surface area (Å²) in [5.74, 6) is -1.21. The molecule has 0 unspecified atom stereocenters. The molecule has 2 saturated heterocycles. The molecule has 11 heteroatoms. The molecule has 4 N–H and O–H groups in total. The molecular weight excluding hydrogens is 412 g/mol. The Morgan fingerprint density at radius 2 is 1.26 bits per heavy atom. The van der Waals surface area contributed by atoms with Gasteiger partial charge in [-0.2, -0.15) is 0 Å². The number of nitrogens with zero attached hydrogens (tertiary/aromatic N) is 2. The van der Waals surface area contributed by atoms with Gasteiger partial charge in [0, 0.05) is 13.1 Å². The number of carbonyl (C=O) groups excluding carboxylic acids is 2. The molecule has 2 aliphatic rings. The molecule has 2 aliphatic heterocycles. The molecule has 0 aromatic carbocycles. The van der Waals surface area contributed by atoms with Crippen molar-refractivity contribution in [3.05, 3.63) is 0 Å². The van der Waals surface area contributed by atoms with Gasteiger partial charge < -0.3 is 34.8 Å². The van der Waals surface area contributed by atoms with Crippen LogP contribution in [0.4, 0.5) is 9.59 Å². The second-order valence-corrected chi connectivity index (χ2v) is 9.59. The van der Waals surface area contributed by atoms with Gasteiger partial charge >= 0.3 is 18.2 Å². The number of rotatable bonds is 2. The minimum absolute atomic E-state index is 0.201. The van der Waals surface area contributed by atoms with Gasteiger partial charge in [0.1, 0.15) is 11.2 Å². The highest BCUT2D eigenvalue weighted by Crippen LogP contribution is 2.22. The molecule has 0 radical (unpaired) electrons. The van der Waals surface area contributed by atoms with E-state index < -0.39 is 53.6 Å². The van der Waals surface area contributed by atoms with Crippen molar-refractivity contribution in [2.75, 3.05) is 19.7 Å². The van der Waals surface area contributed by atoms with Crippen LogP contribution in [0.1, 0.15) is 54.4 Å². The quantitative estimate of drug-likeness (QED) is 0.479. The normalized spacial score (nSPS) is 26.2. The first kappa shape index (κ1) is 26.9. The molecule has 31 heavy (non-hydrogen) atoms. The van der Waals surface area contributed by atoms with Gasteiger partial charge in [-0.15, -0.1) is 0 Å². The number of aliphatic hydroxyl groups excluding tert-OH is 3. The summed E-state index contributed by atoms with van der Waals surface area (Å²) in [6, 6.07) is -1.73. The van der Waals surface area contributed by atoms with Gasteiger partial charge in [-0.3, -0.25) is 4.90 Å². The Morgan fingerprint density at radius 3 is 1.68 bits per heavy atom. The fourth-order valence-corrected chi connectivity index (χ4v) is 3.20. The van der Waals surface area contributed by atoms with E-state index in [1.807, 2.05) is 0 Å². The van der Waals surface area contributed by atoms with Gasteiger partial charge in [0.25, 0.3) is 0 Å². The molecule has 0 aromatic rings. The van der Waals surface area contributed by atoms with Crippen LogP contribution < -0.4 is 0 Å². The van der Waals surface area contributed by atoms with Crippen molar-refractivity contribution >= 4 is 18.2 Å². The lowest BCUT2D eigenvalue weighted by molar-refractivity contribution is -0.144. The van der Waals surface area contributed by atoms with E-state index >= 15 is 0 Å². The van der Waals surface area contributed by atoms with Crippen LogP contribution in [0.2, 0.25) is 0 Å². The van der Waals surface area contributed by atoms with Crippen molar-refractivity contribution < 1.29 is 44.3 Å². The Morgan fingerprint density at radius 1 is 0.839 bits per heavy atom. The van der Waals surface area contributed by atoms with Gasteiger partial charge in [-0.1, -0.05) is 0 Å². The number of carbonyl (C=O) groups is 3. The van der Waals surface area contributed by atoms with E-state index in [-0.39, 0.29) is 19.6 Å². The van der Waals surface area contributed by atoms with Gasteiger partial charge in [-0.25, -0.2) is 14.4 Å². The van der Waals surface area contributed by atoms with E-state index in [1.54, 1.807) is 41.5 Å². The average molecular weight is 449 g/mol. The number of aliphatic carboxylic acids is 1. The number of hydrogen-bond acceptors (Lipinski definition) is 8. The second-order valence-electron chi connectivity index (χ2n) is 9.59. The second kappa shape index (κ2) is 10.5. The Hall–Kier alpha value is -2.11. The summed E-state index contributed by atoms with van der Waals surface area (Å²) in [5.41, 5.74) is -1.22. The van der Waals surface area contributed by atoms with Crippen molar-refractivity contribution in [2.45, 2.75) is 89.9 Å². The highest BCUT2D eigenvalue weighted by molar-refractivity contribution is 5.81. The van der Waals surface area contributed by atoms with Crippen LogP contribution in [0.15, 0.2) is 0 Å². The predicted octanol–water partition coefficient (Wildman–Crippen LogP) is 0.790. The maximum absolute atomic E-state index is 11.7. The Balaban J connectivity index is 0.000000311. The fraction of sp³-hybridized carbons (Fsp3) is 0.850. The zero-order valence-electron chi connectivity index (χ0n) is 19.1. The van der Waals surface area contributed by atoms with Crippen molar-refractivity contribution in [1.82, 2.24) is 9.80 Å². The van der Waals surface area contributed by atoms with Gasteiger partial charge in [-0.05, 0) is 54.4 Å². The van der Waals surface area contributed by atoms with E-state index in [0.717, 1.165) is 4.90 Å². The zero-order valence-corrected chi connectivity index (χ0v) is 19.1. The monoisotopic (exact) mass is 448 g/mol. The lowest BCUT2D eigenvalue weighted by Crippen LogP contribution is -2.46. The van der Waals surface area contributed by atoms with Crippen LogP contribution >= 0.6 is 0 Å². The average Bonchev–Trinajstić information content (AvgIpc) is 3.15. The molecular formula is C20H36N2O9. The Bertz CT molecular complexity index is 642. The van der Waals surface area contributed by atoms with Crippen LogP contribution in [0.25, 0.3) is 0 Å². The van der Waals surface area contributed by atoms with Crippen molar-refractivity contribution in [1.29, 1.82) is 0 Å². The molecule has 2 amide bonds. The molecule has 4 atom stereocenters. The predicted molar refractivity (Wildman–Crippen MR) is 109 cm³/mol. The first-order valence-corrected chi connectivity index (χ1v) is 10.3. The summed E-state index contributed by atoms with van der Waals surface area (Å²) >= 11 is 0. The molecule has 0 saturated carbocycles. The smallest absolute Gasteiger partial charge is 0.411 e. The third-order valence-electron chi connectivity index (χ3n) is 4.57. The lowest BCUT2D eigenvalue weighted by atomic mass is 10.2. The van der Waals surface area contributed by atoms with Crippen LogP contribution in [0, 0.1) is 0 Å². The van der Waals surface area contributed by atoms with Gasteiger partial charge in [0.15, 0.2) is 6.04 Å². The van der Waals surface area contributed by atoms with Crippen molar-refractivity contribution in [2.24, 2.45) is 0 Å². The van der Waals surface area contributed by atoms with Gasteiger partial charge in [0.2, 0.25) is 0 Å². The topological polar surface area (TPSA) is 157 Å². The van der Waals surface area contributed by atoms with Crippen LogP contribution in [0.3, 0.4) is 0 Å². The first-order valence-electron chi connectivity index (χ1n) is 10.3. The highest BCUT2D eigenvalue weighted by Gasteiger charge is 2.42. The molecule has 2 fully saturated rings. The SMILES string of the molecule is CC(C)(C)OC(=O)N1CC[C@H](O)[C@H]1C(=O)O.CC(C)(C)OC(=O)N1CC[C@H](O)[C@H]1CO. The molecule has 11 nitrogen and oxygen atoms in total. The largest absolute Gasteiger partial charge is 0.480 e. The van der Waals surface area contributed by atoms with Crippen LogP contribution in [-0.2, 0) is 14.3 Å². The van der Waals surface area contributed by atoms with E-state index in [4.69, 9.17) is 19.7 Å². The molecule has 180 valence electrons. The first-order chi connectivity index (χ1) is 14.1. The summed E-state index contributed by atoms with van der Waals surface area (Å²) in [4.78, 5) is 36.6.